The topological polar surface area (TPSA) is 72.2 Å². The zero-order valence-electron chi connectivity index (χ0n) is 10.3. The van der Waals surface area contributed by atoms with Crippen molar-refractivity contribution in [2.24, 2.45) is 5.73 Å². The SMILES string of the molecule is CC(CCS(C)=O)NC(=O)CCCCCN. The summed E-state index contributed by atoms with van der Waals surface area (Å²) in [6.45, 7) is 2.64. The van der Waals surface area contributed by atoms with E-state index >= 15 is 0 Å². The summed E-state index contributed by atoms with van der Waals surface area (Å²) in [5, 5.41) is 2.91. The second-order valence-corrected chi connectivity index (χ2v) is 5.69. The third-order valence-corrected chi connectivity index (χ3v) is 3.16. The lowest BCUT2D eigenvalue weighted by atomic mass is 10.1. The molecule has 0 aromatic carbocycles. The van der Waals surface area contributed by atoms with Crippen LogP contribution in [0.4, 0.5) is 0 Å². The fourth-order valence-corrected chi connectivity index (χ4v) is 2.05. The molecule has 0 aromatic rings. The number of amides is 1. The van der Waals surface area contributed by atoms with Crippen molar-refractivity contribution in [3.63, 3.8) is 0 Å². The van der Waals surface area contributed by atoms with Crippen LogP contribution in [0.5, 0.6) is 0 Å². The van der Waals surface area contributed by atoms with Crippen LogP contribution in [0.3, 0.4) is 0 Å². The zero-order valence-corrected chi connectivity index (χ0v) is 11.1. The van der Waals surface area contributed by atoms with Crippen LogP contribution in [0.2, 0.25) is 0 Å². The van der Waals surface area contributed by atoms with Gasteiger partial charge in [-0.15, -0.1) is 0 Å². The standard InChI is InChI=1S/C11H24N2O2S/c1-10(7-9-16(2)15)13-11(14)6-4-3-5-8-12/h10H,3-9,12H2,1-2H3,(H,13,14). The molecule has 1 amide bonds. The average molecular weight is 248 g/mol. The van der Waals surface area contributed by atoms with Gasteiger partial charge >= 0.3 is 0 Å². The van der Waals surface area contributed by atoms with Gasteiger partial charge in [0, 0.05) is 35.3 Å². The number of nitrogens with one attached hydrogen (secondary N) is 1. The minimum absolute atomic E-state index is 0.0893. The Morgan fingerprint density at radius 3 is 2.62 bits per heavy atom. The molecule has 0 saturated heterocycles. The first-order valence-corrected chi connectivity index (χ1v) is 7.58. The van der Waals surface area contributed by atoms with Crippen LogP contribution in [0.1, 0.15) is 39.0 Å². The van der Waals surface area contributed by atoms with Gasteiger partial charge < -0.3 is 11.1 Å². The van der Waals surface area contributed by atoms with Gasteiger partial charge in [0.05, 0.1) is 0 Å². The molecule has 0 fully saturated rings. The summed E-state index contributed by atoms with van der Waals surface area (Å²) >= 11 is 0. The summed E-state index contributed by atoms with van der Waals surface area (Å²) in [5.41, 5.74) is 5.36. The van der Waals surface area contributed by atoms with Crippen LogP contribution in [0.25, 0.3) is 0 Å². The Hall–Kier alpha value is -0.420. The molecule has 0 aromatic heterocycles. The molecule has 5 heteroatoms. The fraction of sp³-hybridized carbons (Fsp3) is 0.909. The lowest BCUT2D eigenvalue weighted by molar-refractivity contribution is -0.121. The highest BCUT2D eigenvalue weighted by Gasteiger charge is 2.07. The number of hydrogen-bond donors (Lipinski definition) is 2. The third kappa shape index (κ3) is 10.1. The van der Waals surface area contributed by atoms with Crippen molar-refractivity contribution in [1.82, 2.24) is 5.32 Å². The molecule has 0 bridgehead atoms. The predicted octanol–water partition coefficient (Wildman–Crippen LogP) is 0.779. The monoisotopic (exact) mass is 248 g/mol. The minimum Gasteiger partial charge on any atom is -0.354 e. The zero-order chi connectivity index (χ0) is 12.4. The first kappa shape index (κ1) is 15.6. The lowest BCUT2D eigenvalue weighted by Crippen LogP contribution is -2.33. The van der Waals surface area contributed by atoms with Crippen molar-refractivity contribution in [3.8, 4) is 0 Å². The van der Waals surface area contributed by atoms with Crippen molar-refractivity contribution in [3.05, 3.63) is 0 Å². The number of unbranched alkanes of at least 4 members (excludes halogenated alkanes) is 2. The van der Waals surface area contributed by atoms with Gasteiger partial charge in [-0.25, -0.2) is 0 Å². The Morgan fingerprint density at radius 1 is 1.38 bits per heavy atom. The van der Waals surface area contributed by atoms with Crippen molar-refractivity contribution in [2.45, 2.75) is 45.1 Å². The van der Waals surface area contributed by atoms with Crippen LogP contribution in [-0.2, 0) is 15.6 Å². The highest BCUT2D eigenvalue weighted by Crippen LogP contribution is 2.00. The number of nitrogens with two attached hydrogens (primary N) is 1. The van der Waals surface area contributed by atoms with Gasteiger partial charge in [-0.3, -0.25) is 9.00 Å². The van der Waals surface area contributed by atoms with E-state index in [0.717, 1.165) is 25.7 Å². The second kappa shape index (κ2) is 9.78. The van der Waals surface area contributed by atoms with Crippen LogP contribution >= 0.6 is 0 Å². The second-order valence-electron chi connectivity index (χ2n) is 4.13. The maximum Gasteiger partial charge on any atom is 0.220 e. The fourth-order valence-electron chi connectivity index (χ4n) is 1.37. The molecule has 0 heterocycles. The van der Waals surface area contributed by atoms with E-state index < -0.39 is 10.8 Å². The smallest absolute Gasteiger partial charge is 0.220 e. The van der Waals surface area contributed by atoms with Crippen LogP contribution in [-0.4, -0.2) is 34.7 Å². The summed E-state index contributed by atoms with van der Waals surface area (Å²) < 4.78 is 10.9. The number of rotatable bonds is 9. The molecule has 0 radical (unpaired) electrons. The van der Waals surface area contributed by atoms with E-state index in [-0.39, 0.29) is 11.9 Å². The van der Waals surface area contributed by atoms with Crippen LogP contribution in [0.15, 0.2) is 0 Å². The van der Waals surface area contributed by atoms with E-state index in [0.29, 0.717) is 18.7 Å². The number of carbonyl (C=O) groups is 1. The molecule has 2 unspecified atom stereocenters. The van der Waals surface area contributed by atoms with Gasteiger partial charge in [0.25, 0.3) is 0 Å². The highest BCUT2D eigenvalue weighted by atomic mass is 32.2. The van der Waals surface area contributed by atoms with Gasteiger partial charge in [0.2, 0.25) is 5.91 Å². The van der Waals surface area contributed by atoms with Gasteiger partial charge in [-0.2, -0.15) is 0 Å². The Bertz CT molecular complexity index is 222. The van der Waals surface area contributed by atoms with E-state index in [4.69, 9.17) is 5.73 Å². The first-order valence-electron chi connectivity index (χ1n) is 5.85. The molecule has 0 aliphatic carbocycles. The van der Waals surface area contributed by atoms with Crippen LogP contribution < -0.4 is 11.1 Å². The van der Waals surface area contributed by atoms with E-state index in [9.17, 15) is 9.00 Å². The van der Waals surface area contributed by atoms with E-state index in [2.05, 4.69) is 5.32 Å². The van der Waals surface area contributed by atoms with Gasteiger partial charge in [-0.05, 0) is 32.7 Å². The summed E-state index contributed by atoms with van der Waals surface area (Å²) in [6, 6.07) is 0.117. The summed E-state index contributed by atoms with van der Waals surface area (Å²) in [4.78, 5) is 11.4. The molecule has 16 heavy (non-hydrogen) atoms. The van der Waals surface area contributed by atoms with E-state index in [1.807, 2.05) is 6.92 Å². The maximum absolute atomic E-state index is 11.4. The molecule has 0 aliphatic heterocycles. The first-order chi connectivity index (χ1) is 7.56. The largest absolute Gasteiger partial charge is 0.354 e. The Labute approximate surface area is 101 Å². The van der Waals surface area contributed by atoms with E-state index in [1.165, 1.54) is 0 Å². The molecular weight excluding hydrogens is 224 g/mol. The third-order valence-electron chi connectivity index (χ3n) is 2.35. The van der Waals surface area contributed by atoms with Crippen molar-refractivity contribution >= 4 is 16.7 Å². The molecule has 96 valence electrons. The van der Waals surface area contributed by atoms with Crippen LogP contribution in [0, 0.1) is 0 Å². The summed E-state index contributed by atoms with van der Waals surface area (Å²) in [7, 11) is -0.774. The minimum atomic E-state index is -0.774. The summed E-state index contributed by atoms with van der Waals surface area (Å²) in [5.74, 6) is 0.737. The number of hydrogen-bond acceptors (Lipinski definition) is 3. The maximum atomic E-state index is 11.4. The van der Waals surface area contributed by atoms with Crippen molar-refractivity contribution in [1.29, 1.82) is 0 Å². The molecule has 2 atom stereocenters. The molecule has 3 N–H and O–H groups in total. The summed E-state index contributed by atoms with van der Waals surface area (Å²) in [6.07, 6.45) is 5.92. The molecular formula is C11H24N2O2S. The highest BCUT2D eigenvalue weighted by molar-refractivity contribution is 7.84. The molecule has 4 nitrogen and oxygen atoms in total. The number of carbonyl (C=O) groups excluding carboxylic acids is 1. The van der Waals surface area contributed by atoms with Gasteiger partial charge in [0.15, 0.2) is 0 Å². The Balaban J connectivity index is 3.50. The van der Waals surface area contributed by atoms with E-state index in [1.54, 1.807) is 6.26 Å². The lowest BCUT2D eigenvalue weighted by Gasteiger charge is -2.12. The molecule has 0 saturated carbocycles. The predicted molar refractivity (Wildman–Crippen MR) is 68.7 cm³/mol. The molecule has 0 spiro atoms. The molecule has 0 aliphatic rings. The van der Waals surface area contributed by atoms with Crippen molar-refractivity contribution in [2.75, 3.05) is 18.6 Å². The average Bonchev–Trinajstić information content (AvgIpc) is 2.21. The Kier molecular flexibility index (Phi) is 9.52. The van der Waals surface area contributed by atoms with Crippen molar-refractivity contribution < 1.29 is 9.00 Å². The Morgan fingerprint density at radius 2 is 2.06 bits per heavy atom. The molecule has 0 rings (SSSR count). The quantitative estimate of drug-likeness (QED) is 0.592. The normalized spacial score (nSPS) is 14.4. The van der Waals surface area contributed by atoms with Gasteiger partial charge in [-0.1, -0.05) is 6.42 Å². The van der Waals surface area contributed by atoms with Gasteiger partial charge in [0.1, 0.15) is 0 Å².